The minimum absolute atomic E-state index is 0.00287. The lowest BCUT2D eigenvalue weighted by Gasteiger charge is -2.14. The van der Waals surface area contributed by atoms with Gasteiger partial charge in [0, 0.05) is 13.7 Å². The van der Waals surface area contributed by atoms with Crippen LogP contribution >= 0.6 is 15.9 Å². The summed E-state index contributed by atoms with van der Waals surface area (Å²) in [5.41, 5.74) is 0. The zero-order chi connectivity index (χ0) is 8.27. The largest absolute Gasteiger partial charge is 0.377 e. The third-order valence-corrected chi connectivity index (χ3v) is 2.79. The third-order valence-electron chi connectivity index (χ3n) is 1.79. The fourth-order valence-corrected chi connectivity index (χ4v) is 1.79. The van der Waals surface area contributed by atoms with E-state index < -0.39 is 0 Å². The maximum Gasteiger partial charge on any atom is 0.236 e. The molecule has 0 aromatic heterocycles. The summed E-state index contributed by atoms with van der Waals surface area (Å²) in [6, 6.07) is 0. The number of carbonyl (C=O) groups is 1. The highest BCUT2D eigenvalue weighted by Crippen LogP contribution is 2.20. The van der Waals surface area contributed by atoms with Crippen molar-refractivity contribution in [3.63, 3.8) is 0 Å². The second kappa shape index (κ2) is 4.07. The smallest absolute Gasteiger partial charge is 0.236 e. The van der Waals surface area contributed by atoms with Gasteiger partial charge in [0.2, 0.25) is 5.91 Å². The van der Waals surface area contributed by atoms with E-state index in [1.165, 1.54) is 0 Å². The number of amides is 1. The van der Waals surface area contributed by atoms with Crippen LogP contribution in [0, 0.1) is 0 Å². The first kappa shape index (κ1) is 9.00. The van der Waals surface area contributed by atoms with E-state index in [0.29, 0.717) is 0 Å². The molecule has 1 fully saturated rings. The van der Waals surface area contributed by atoms with Gasteiger partial charge >= 0.3 is 0 Å². The summed E-state index contributed by atoms with van der Waals surface area (Å²) >= 11 is 3.29. The zero-order valence-electron chi connectivity index (χ0n) is 6.47. The molecule has 0 bridgehead atoms. The minimum atomic E-state index is -0.185. The van der Waals surface area contributed by atoms with Crippen molar-refractivity contribution >= 4 is 21.8 Å². The number of hydrogen-bond acceptors (Lipinski definition) is 2. The molecule has 4 heteroatoms. The Hall–Kier alpha value is -0.0900. The molecule has 1 aliphatic rings. The predicted octanol–water partition coefficient (Wildman–Crippen LogP) is 0.675. The Morgan fingerprint density at radius 3 is 3.00 bits per heavy atom. The van der Waals surface area contributed by atoms with Gasteiger partial charge in [0.1, 0.15) is 4.83 Å². The topological polar surface area (TPSA) is 38.3 Å². The second-order valence-electron chi connectivity index (χ2n) is 2.57. The van der Waals surface area contributed by atoms with Crippen molar-refractivity contribution in [1.82, 2.24) is 5.32 Å². The normalized spacial score (nSPS) is 26.5. The molecular formula is C7H12BrNO2. The fourth-order valence-electron chi connectivity index (χ4n) is 1.14. The molecule has 0 saturated carbocycles. The van der Waals surface area contributed by atoms with Gasteiger partial charge < -0.3 is 10.1 Å². The molecule has 0 aliphatic carbocycles. The first-order valence-corrected chi connectivity index (χ1v) is 4.64. The summed E-state index contributed by atoms with van der Waals surface area (Å²) in [6.45, 7) is 0.782. The van der Waals surface area contributed by atoms with Crippen LogP contribution in [-0.2, 0) is 9.53 Å². The van der Waals surface area contributed by atoms with E-state index in [-0.39, 0.29) is 16.8 Å². The molecule has 0 aromatic rings. The minimum Gasteiger partial charge on any atom is -0.377 e. The van der Waals surface area contributed by atoms with Crippen molar-refractivity contribution in [3.05, 3.63) is 0 Å². The van der Waals surface area contributed by atoms with Crippen LogP contribution in [0.15, 0.2) is 0 Å². The quantitative estimate of drug-likeness (QED) is 0.697. The average Bonchev–Trinajstić information content (AvgIpc) is 2.53. The van der Waals surface area contributed by atoms with Gasteiger partial charge in [0.25, 0.3) is 0 Å². The first-order valence-electron chi connectivity index (χ1n) is 3.73. The summed E-state index contributed by atoms with van der Waals surface area (Å²) in [5, 5.41) is 2.58. The van der Waals surface area contributed by atoms with Crippen molar-refractivity contribution in [2.24, 2.45) is 0 Å². The molecule has 1 N–H and O–H groups in total. The van der Waals surface area contributed by atoms with E-state index in [0.717, 1.165) is 19.4 Å². The number of alkyl halides is 1. The predicted molar refractivity (Wildman–Crippen MR) is 45.8 cm³/mol. The standard InChI is InChI=1S/C7H12BrNO2/c1-9-7(10)6(8)5-3-2-4-11-5/h5-6H,2-4H2,1H3,(H,9,10)/t5-,6-/m0/s1. The van der Waals surface area contributed by atoms with Gasteiger partial charge in [-0.1, -0.05) is 15.9 Å². The molecular weight excluding hydrogens is 210 g/mol. The highest BCUT2D eigenvalue weighted by atomic mass is 79.9. The fraction of sp³-hybridized carbons (Fsp3) is 0.857. The van der Waals surface area contributed by atoms with Crippen LogP contribution in [0.5, 0.6) is 0 Å². The molecule has 0 radical (unpaired) electrons. The second-order valence-corrected chi connectivity index (χ2v) is 3.55. The number of nitrogens with one attached hydrogen (secondary N) is 1. The van der Waals surface area contributed by atoms with Gasteiger partial charge in [-0.25, -0.2) is 0 Å². The van der Waals surface area contributed by atoms with Crippen LogP contribution < -0.4 is 5.32 Å². The molecule has 0 aromatic carbocycles. The van der Waals surface area contributed by atoms with Gasteiger partial charge in [-0.2, -0.15) is 0 Å². The van der Waals surface area contributed by atoms with Gasteiger partial charge in [0.05, 0.1) is 6.10 Å². The van der Waals surface area contributed by atoms with Crippen molar-refractivity contribution < 1.29 is 9.53 Å². The Balaban J connectivity index is 2.39. The van der Waals surface area contributed by atoms with Crippen LogP contribution in [0.25, 0.3) is 0 Å². The third kappa shape index (κ3) is 2.17. The van der Waals surface area contributed by atoms with Crippen LogP contribution in [0.3, 0.4) is 0 Å². The maximum absolute atomic E-state index is 11.1. The average molecular weight is 222 g/mol. The SMILES string of the molecule is CNC(=O)[C@@H](Br)[C@@H]1CCCO1. The Labute approximate surface area is 74.6 Å². The number of hydrogen-bond donors (Lipinski definition) is 1. The van der Waals surface area contributed by atoms with Gasteiger partial charge in [0.15, 0.2) is 0 Å². The molecule has 1 heterocycles. The van der Waals surface area contributed by atoms with Crippen LogP contribution in [-0.4, -0.2) is 30.5 Å². The van der Waals surface area contributed by atoms with Crippen LogP contribution in [0.2, 0.25) is 0 Å². The Kier molecular flexibility index (Phi) is 3.33. The number of halogens is 1. The Morgan fingerprint density at radius 1 is 1.82 bits per heavy atom. The summed E-state index contributed by atoms with van der Waals surface area (Å²) < 4.78 is 5.33. The van der Waals surface area contributed by atoms with Crippen LogP contribution in [0.4, 0.5) is 0 Å². The summed E-state index contributed by atoms with van der Waals surface area (Å²) in [4.78, 5) is 10.9. The summed E-state index contributed by atoms with van der Waals surface area (Å²) in [6.07, 6.45) is 2.10. The monoisotopic (exact) mass is 221 g/mol. The van der Waals surface area contributed by atoms with E-state index in [1.807, 2.05) is 0 Å². The van der Waals surface area contributed by atoms with Crippen molar-refractivity contribution in [2.75, 3.05) is 13.7 Å². The van der Waals surface area contributed by atoms with Crippen molar-refractivity contribution in [1.29, 1.82) is 0 Å². The van der Waals surface area contributed by atoms with E-state index in [9.17, 15) is 4.79 Å². The van der Waals surface area contributed by atoms with E-state index in [2.05, 4.69) is 21.2 Å². The molecule has 0 spiro atoms. The number of carbonyl (C=O) groups excluding carboxylic acids is 1. The van der Waals surface area contributed by atoms with Gasteiger partial charge in [-0.05, 0) is 12.8 Å². The molecule has 1 aliphatic heterocycles. The Morgan fingerprint density at radius 2 is 2.55 bits per heavy atom. The van der Waals surface area contributed by atoms with E-state index in [1.54, 1.807) is 7.05 Å². The molecule has 1 amide bonds. The molecule has 11 heavy (non-hydrogen) atoms. The highest BCUT2D eigenvalue weighted by molar-refractivity contribution is 9.10. The first-order chi connectivity index (χ1) is 5.25. The molecule has 1 rings (SSSR count). The van der Waals surface area contributed by atoms with Crippen molar-refractivity contribution in [2.45, 2.75) is 23.8 Å². The number of ether oxygens (including phenoxy) is 1. The van der Waals surface area contributed by atoms with E-state index >= 15 is 0 Å². The summed E-state index contributed by atoms with van der Waals surface area (Å²) in [7, 11) is 1.63. The van der Waals surface area contributed by atoms with Gasteiger partial charge in [-0.3, -0.25) is 4.79 Å². The molecule has 0 unspecified atom stereocenters. The zero-order valence-corrected chi connectivity index (χ0v) is 8.06. The van der Waals surface area contributed by atoms with E-state index in [4.69, 9.17) is 4.74 Å². The summed E-state index contributed by atoms with van der Waals surface area (Å²) in [5.74, 6) is -0.00287. The maximum atomic E-state index is 11.1. The molecule has 3 nitrogen and oxygen atoms in total. The highest BCUT2D eigenvalue weighted by Gasteiger charge is 2.28. The lowest BCUT2D eigenvalue weighted by Crippen LogP contribution is -2.35. The Bertz CT molecular complexity index is 145. The lowest BCUT2D eigenvalue weighted by atomic mass is 10.2. The lowest BCUT2D eigenvalue weighted by molar-refractivity contribution is -0.121. The van der Waals surface area contributed by atoms with Crippen molar-refractivity contribution in [3.8, 4) is 0 Å². The van der Waals surface area contributed by atoms with Crippen LogP contribution in [0.1, 0.15) is 12.8 Å². The molecule has 2 atom stereocenters. The molecule has 64 valence electrons. The molecule has 1 saturated heterocycles. The van der Waals surface area contributed by atoms with Gasteiger partial charge in [-0.15, -0.1) is 0 Å². The number of rotatable bonds is 2.